The number of carbonyl (C=O) groups is 2. The van der Waals surface area contributed by atoms with Gasteiger partial charge in [-0.2, -0.15) is 0 Å². The number of ether oxygens (including phenoxy) is 3. The Morgan fingerprint density at radius 2 is 1.26 bits per heavy atom. The van der Waals surface area contributed by atoms with Gasteiger partial charge in [-0.3, -0.25) is 18.6 Å². The van der Waals surface area contributed by atoms with Crippen LogP contribution >= 0.6 is 7.82 Å². The van der Waals surface area contributed by atoms with E-state index in [9.17, 15) is 19.0 Å². The van der Waals surface area contributed by atoms with Gasteiger partial charge in [0.05, 0.1) is 40.0 Å². The van der Waals surface area contributed by atoms with Gasteiger partial charge in [0, 0.05) is 12.8 Å². The lowest BCUT2D eigenvalue weighted by Gasteiger charge is -2.24. The van der Waals surface area contributed by atoms with Gasteiger partial charge in [-0.25, -0.2) is 4.57 Å². The van der Waals surface area contributed by atoms with Crippen molar-refractivity contribution >= 4 is 19.8 Å². The number of epoxide rings is 1. The number of carbonyl (C=O) groups excluding carboxylic acids is 2. The van der Waals surface area contributed by atoms with Gasteiger partial charge in [0.2, 0.25) is 0 Å². The van der Waals surface area contributed by atoms with E-state index in [2.05, 4.69) is 50.3 Å². The summed E-state index contributed by atoms with van der Waals surface area (Å²) in [6.45, 7) is 4.29. The molecule has 4 atom stereocenters. The van der Waals surface area contributed by atoms with E-state index in [1.807, 2.05) is 21.1 Å². The molecule has 308 valence electrons. The molecule has 10 nitrogen and oxygen atoms in total. The Morgan fingerprint density at radius 3 is 1.91 bits per heavy atom. The number of quaternary nitrogens is 1. The summed E-state index contributed by atoms with van der Waals surface area (Å²) in [5, 5.41) is 0. The maximum atomic E-state index is 12.7. The van der Waals surface area contributed by atoms with Crippen LogP contribution in [0, 0.1) is 0 Å². The summed E-state index contributed by atoms with van der Waals surface area (Å²) in [5.41, 5.74) is 0. The second-order valence-corrected chi connectivity index (χ2v) is 16.9. The Bertz CT molecular complexity index is 1070. The highest BCUT2D eigenvalue weighted by Crippen LogP contribution is 2.43. The maximum absolute atomic E-state index is 12.7. The summed E-state index contributed by atoms with van der Waals surface area (Å²) in [6, 6.07) is 0. The molecule has 1 heterocycles. The van der Waals surface area contributed by atoms with Crippen molar-refractivity contribution in [3.05, 3.63) is 36.5 Å². The van der Waals surface area contributed by atoms with Gasteiger partial charge in [-0.15, -0.1) is 0 Å². The summed E-state index contributed by atoms with van der Waals surface area (Å²) >= 11 is 0. The number of nitrogens with zero attached hydrogens (tertiary/aromatic N) is 1. The zero-order valence-electron chi connectivity index (χ0n) is 34.2. The van der Waals surface area contributed by atoms with Crippen LogP contribution < -0.4 is 0 Å². The van der Waals surface area contributed by atoms with Gasteiger partial charge < -0.3 is 23.6 Å². The standard InChI is InChI=1S/C42H76NO9P/c1-6-8-10-12-14-16-18-20-21-23-25-27-30-39-40(52-39)31-29-33-42(45)51-38(37-50-53(46,47)49-35-34-43(3,4)5)36-48-41(44)32-28-26-24-22-19-17-15-13-11-9-7-2/h14,16,20-21,25,27,38-40H,6-13,15,17-19,22-24,26,28-37H2,1-5H3/p+1/b16-14-,21-20-,27-25-. The van der Waals surface area contributed by atoms with Crippen LogP contribution in [-0.4, -0.2) is 87.1 Å². The first kappa shape index (κ1) is 49.2. The van der Waals surface area contributed by atoms with Crippen molar-refractivity contribution < 1.29 is 46.8 Å². The molecule has 1 aliphatic heterocycles. The highest BCUT2D eigenvalue weighted by molar-refractivity contribution is 7.47. The molecule has 0 bridgehead atoms. The zero-order chi connectivity index (χ0) is 39.0. The molecule has 0 spiro atoms. The van der Waals surface area contributed by atoms with Crippen LogP contribution in [0.1, 0.15) is 155 Å². The predicted molar refractivity (Wildman–Crippen MR) is 214 cm³/mol. The van der Waals surface area contributed by atoms with Crippen molar-refractivity contribution in [3.63, 3.8) is 0 Å². The number of hydrogen-bond donors (Lipinski definition) is 1. The van der Waals surface area contributed by atoms with Gasteiger partial charge in [-0.05, 0) is 51.4 Å². The van der Waals surface area contributed by atoms with E-state index in [0.717, 1.165) is 44.9 Å². The Hall–Kier alpha value is -1.81. The molecule has 0 saturated carbocycles. The van der Waals surface area contributed by atoms with E-state index in [4.69, 9.17) is 23.3 Å². The summed E-state index contributed by atoms with van der Waals surface area (Å²) in [5.74, 6) is -0.876. The SMILES string of the molecule is CCCCC/C=C\C/C=C\C/C=C\CC1OC1CCCC(=O)OC(COC(=O)CCCCCCCCCCCCC)COP(=O)(O)OCC[N+](C)(C)C. The second kappa shape index (κ2) is 31.4. The molecular weight excluding hydrogens is 693 g/mol. The summed E-state index contributed by atoms with van der Waals surface area (Å²) < 4.78 is 40.0. The number of esters is 2. The number of phosphoric acid groups is 1. The number of allylic oxidation sites excluding steroid dienone is 5. The van der Waals surface area contributed by atoms with Crippen LogP contribution in [0.5, 0.6) is 0 Å². The van der Waals surface area contributed by atoms with Gasteiger partial charge in [0.15, 0.2) is 6.10 Å². The van der Waals surface area contributed by atoms with Crippen molar-refractivity contribution in [2.75, 3.05) is 47.5 Å². The van der Waals surface area contributed by atoms with Crippen LogP contribution in [-0.2, 0) is 37.4 Å². The first-order valence-electron chi connectivity index (χ1n) is 20.8. The van der Waals surface area contributed by atoms with E-state index < -0.39 is 26.5 Å². The summed E-state index contributed by atoms with van der Waals surface area (Å²) in [6.07, 6.45) is 34.9. The van der Waals surface area contributed by atoms with Gasteiger partial charge >= 0.3 is 19.8 Å². The normalized spacial score (nSPS) is 17.8. The fourth-order valence-electron chi connectivity index (χ4n) is 5.69. The van der Waals surface area contributed by atoms with E-state index in [1.165, 1.54) is 77.0 Å². The average Bonchev–Trinajstić information content (AvgIpc) is 3.85. The van der Waals surface area contributed by atoms with Gasteiger partial charge in [0.1, 0.15) is 19.8 Å². The molecule has 0 amide bonds. The minimum absolute atomic E-state index is 0.0177. The predicted octanol–water partition coefficient (Wildman–Crippen LogP) is 10.3. The molecule has 0 aromatic rings. The third-order valence-electron chi connectivity index (χ3n) is 9.10. The molecule has 1 fully saturated rings. The van der Waals surface area contributed by atoms with Crippen molar-refractivity contribution in [2.45, 2.75) is 173 Å². The number of unbranched alkanes of at least 4 members (excludes halogenated alkanes) is 13. The topological polar surface area (TPSA) is 121 Å². The lowest BCUT2D eigenvalue weighted by Crippen LogP contribution is -2.37. The molecule has 1 saturated heterocycles. The molecule has 1 aliphatic rings. The van der Waals surface area contributed by atoms with Gasteiger partial charge in [-0.1, -0.05) is 127 Å². The largest absolute Gasteiger partial charge is 0.472 e. The minimum Gasteiger partial charge on any atom is -0.462 e. The highest BCUT2D eigenvalue weighted by atomic mass is 31.2. The van der Waals surface area contributed by atoms with Crippen LogP contribution in [0.15, 0.2) is 36.5 Å². The third kappa shape index (κ3) is 32.2. The maximum Gasteiger partial charge on any atom is 0.472 e. The zero-order valence-corrected chi connectivity index (χ0v) is 35.1. The average molecular weight is 771 g/mol. The van der Waals surface area contributed by atoms with Crippen LogP contribution in [0.4, 0.5) is 0 Å². The quantitative estimate of drug-likeness (QED) is 0.0166. The second-order valence-electron chi connectivity index (χ2n) is 15.4. The smallest absolute Gasteiger partial charge is 0.462 e. The van der Waals surface area contributed by atoms with Crippen molar-refractivity contribution in [1.29, 1.82) is 0 Å². The van der Waals surface area contributed by atoms with E-state index in [-0.39, 0.29) is 44.2 Å². The Kier molecular flexibility index (Phi) is 29.2. The Morgan fingerprint density at radius 1 is 0.698 bits per heavy atom. The molecular formula is C42H77NO9P+. The number of rotatable bonds is 36. The van der Waals surface area contributed by atoms with Crippen molar-refractivity contribution in [3.8, 4) is 0 Å². The minimum atomic E-state index is -4.39. The van der Waals surface area contributed by atoms with Crippen molar-refractivity contribution in [1.82, 2.24) is 0 Å². The van der Waals surface area contributed by atoms with E-state index in [0.29, 0.717) is 17.4 Å². The fourth-order valence-corrected chi connectivity index (χ4v) is 6.43. The Balaban J connectivity index is 2.37. The molecule has 1 N–H and O–H groups in total. The first-order valence-corrected chi connectivity index (χ1v) is 22.3. The molecule has 0 aromatic carbocycles. The monoisotopic (exact) mass is 771 g/mol. The molecule has 11 heteroatoms. The van der Waals surface area contributed by atoms with Crippen LogP contribution in [0.3, 0.4) is 0 Å². The summed E-state index contributed by atoms with van der Waals surface area (Å²) in [4.78, 5) is 35.4. The number of hydrogen-bond acceptors (Lipinski definition) is 8. The van der Waals surface area contributed by atoms with Crippen molar-refractivity contribution in [2.24, 2.45) is 0 Å². The Labute approximate surface area is 323 Å². The van der Waals surface area contributed by atoms with E-state index >= 15 is 0 Å². The molecule has 53 heavy (non-hydrogen) atoms. The van der Waals surface area contributed by atoms with Gasteiger partial charge in [0.25, 0.3) is 0 Å². The lowest BCUT2D eigenvalue weighted by atomic mass is 10.1. The molecule has 0 aromatic heterocycles. The molecule has 0 aliphatic carbocycles. The molecule has 1 rings (SSSR count). The molecule has 0 radical (unpaired) electrons. The molecule has 4 unspecified atom stereocenters. The fraction of sp³-hybridized carbons (Fsp3) is 0.810. The summed E-state index contributed by atoms with van der Waals surface area (Å²) in [7, 11) is 1.43. The van der Waals surface area contributed by atoms with E-state index in [1.54, 1.807) is 0 Å². The lowest BCUT2D eigenvalue weighted by molar-refractivity contribution is -0.870. The number of phosphoric ester groups is 1. The number of likely N-dealkylation sites (N-methyl/N-ethyl adjacent to an activating group) is 1. The highest BCUT2D eigenvalue weighted by Gasteiger charge is 2.37. The van der Waals surface area contributed by atoms with Crippen LogP contribution in [0.2, 0.25) is 0 Å². The van der Waals surface area contributed by atoms with Crippen LogP contribution in [0.25, 0.3) is 0 Å². The first-order chi connectivity index (χ1) is 25.5. The third-order valence-corrected chi connectivity index (χ3v) is 10.1.